The third-order valence-corrected chi connectivity index (χ3v) is 2.17. The number of rotatable bonds is 4. The highest BCUT2D eigenvalue weighted by molar-refractivity contribution is 5.77. The summed E-state index contributed by atoms with van der Waals surface area (Å²) in [5, 5.41) is 9.56. The zero-order valence-corrected chi connectivity index (χ0v) is 9.73. The zero-order valence-electron chi connectivity index (χ0n) is 9.73. The third kappa shape index (κ3) is 3.20. The number of methoxy groups -OCH3 is 1. The first-order valence-corrected chi connectivity index (χ1v) is 4.93. The van der Waals surface area contributed by atoms with E-state index in [9.17, 15) is 9.90 Å². The van der Waals surface area contributed by atoms with Gasteiger partial charge >= 0.3 is 0 Å². The van der Waals surface area contributed by atoms with Gasteiger partial charge in [-0.1, -0.05) is 0 Å². The Morgan fingerprint density at radius 3 is 2.88 bits per heavy atom. The van der Waals surface area contributed by atoms with Crippen LogP contribution < -0.4 is 0 Å². The summed E-state index contributed by atoms with van der Waals surface area (Å²) in [5.41, 5.74) is 1.30. The van der Waals surface area contributed by atoms with Gasteiger partial charge in [0, 0.05) is 19.9 Å². The van der Waals surface area contributed by atoms with Gasteiger partial charge in [-0.25, -0.2) is 0 Å². The quantitative estimate of drug-likeness (QED) is 0.817. The molecule has 0 fully saturated rings. The Morgan fingerprint density at radius 2 is 2.25 bits per heavy atom. The number of ether oxygens (including phenoxy) is 1. The van der Waals surface area contributed by atoms with Crippen molar-refractivity contribution in [3.05, 3.63) is 23.5 Å². The predicted molar refractivity (Wildman–Crippen MR) is 59.0 cm³/mol. The van der Waals surface area contributed by atoms with Crippen LogP contribution in [0, 0.1) is 6.92 Å². The molecule has 0 aliphatic carbocycles. The number of likely N-dealkylation sites (N-methyl/N-ethyl adjacent to an activating group) is 1. The van der Waals surface area contributed by atoms with Gasteiger partial charge in [0.05, 0.1) is 6.54 Å². The number of aromatic nitrogens is 1. The standard InChI is InChI=1S/C11H16N2O3/c1-8-4-5-10(14)9(12-8)6-13(2)11(15)7-16-3/h4-5,14H,6-7H2,1-3H3. The van der Waals surface area contributed by atoms with Crippen molar-refractivity contribution < 1.29 is 14.6 Å². The first-order valence-electron chi connectivity index (χ1n) is 4.93. The van der Waals surface area contributed by atoms with Crippen molar-refractivity contribution in [2.75, 3.05) is 20.8 Å². The summed E-state index contributed by atoms with van der Waals surface area (Å²) in [6.45, 7) is 2.14. The van der Waals surface area contributed by atoms with Crippen LogP contribution in [0.4, 0.5) is 0 Å². The summed E-state index contributed by atoms with van der Waals surface area (Å²) in [6, 6.07) is 3.29. The van der Waals surface area contributed by atoms with Gasteiger partial charge in [0.25, 0.3) is 0 Å². The summed E-state index contributed by atoms with van der Waals surface area (Å²) in [5.74, 6) is -0.0483. The second kappa shape index (κ2) is 5.46. The lowest BCUT2D eigenvalue weighted by Gasteiger charge is -2.16. The zero-order chi connectivity index (χ0) is 12.1. The van der Waals surface area contributed by atoms with Crippen molar-refractivity contribution in [1.82, 2.24) is 9.88 Å². The molecule has 1 amide bonds. The van der Waals surface area contributed by atoms with Crippen molar-refractivity contribution in [2.45, 2.75) is 13.5 Å². The highest BCUT2D eigenvalue weighted by Crippen LogP contribution is 2.16. The predicted octanol–water partition coefficient (Wildman–Crippen LogP) is 0.700. The van der Waals surface area contributed by atoms with E-state index < -0.39 is 0 Å². The molecule has 1 heterocycles. The lowest BCUT2D eigenvalue weighted by Crippen LogP contribution is -2.29. The van der Waals surface area contributed by atoms with Gasteiger partial charge in [-0.05, 0) is 19.1 Å². The molecule has 5 heteroatoms. The minimum atomic E-state index is -0.148. The number of amides is 1. The van der Waals surface area contributed by atoms with Crippen LogP contribution in [0.5, 0.6) is 5.75 Å². The van der Waals surface area contributed by atoms with E-state index in [4.69, 9.17) is 4.74 Å². The number of hydrogen-bond donors (Lipinski definition) is 1. The maximum Gasteiger partial charge on any atom is 0.248 e. The molecule has 0 atom stereocenters. The van der Waals surface area contributed by atoms with Gasteiger partial charge in [0.1, 0.15) is 18.1 Å². The van der Waals surface area contributed by atoms with Gasteiger partial charge in [-0.2, -0.15) is 0 Å². The summed E-state index contributed by atoms with van der Waals surface area (Å²) >= 11 is 0. The molecule has 0 saturated heterocycles. The average Bonchev–Trinajstić information content (AvgIpc) is 2.23. The topological polar surface area (TPSA) is 62.7 Å². The number of aryl methyl sites for hydroxylation is 1. The molecule has 1 rings (SSSR count). The van der Waals surface area contributed by atoms with Gasteiger partial charge < -0.3 is 14.7 Å². The molecule has 0 bridgehead atoms. The number of aromatic hydroxyl groups is 1. The molecule has 1 N–H and O–H groups in total. The number of hydrogen-bond acceptors (Lipinski definition) is 4. The smallest absolute Gasteiger partial charge is 0.248 e. The highest BCUT2D eigenvalue weighted by Gasteiger charge is 2.12. The third-order valence-electron chi connectivity index (χ3n) is 2.17. The minimum Gasteiger partial charge on any atom is -0.506 e. The monoisotopic (exact) mass is 224 g/mol. The molecule has 1 aromatic rings. The van der Waals surface area contributed by atoms with Crippen LogP contribution in [0.1, 0.15) is 11.4 Å². The van der Waals surface area contributed by atoms with Gasteiger partial charge in [0.2, 0.25) is 5.91 Å². The lowest BCUT2D eigenvalue weighted by atomic mass is 10.2. The van der Waals surface area contributed by atoms with Gasteiger partial charge in [0.15, 0.2) is 0 Å². The second-order valence-electron chi connectivity index (χ2n) is 3.60. The van der Waals surface area contributed by atoms with Crippen LogP contribution in [-0.4, -0.2) is 41.7 Å². The fourth-order valence-corrected chi connectivity index (χ4v) is 1.27. The van der Waals surface area contributed by atoms with E-state index in [1.807, 2.05) is 6.92 Å². The van der Waals surface area contributed by atoms with E-state index in [0.717, 1.165) is 5.69 Å². The van der Waals surface area contributed by atoms with Crippen LogP contribution in [0.25, 0.3) is 0 Å². The van der Waals surface area contributed by atoms with E-state index in [0.29, 0.717) is 5.69 Å². The van der Waals surface area contributed by atoms with Crippen LogP contribution in [-0.2, 0) is 16.1 Å². The van der Waals surface area contributed by atoms with Crippen LogP contribution in [0.15, 0.2) is 12.1 Å². The van der Waals surface area contributed by atoms with Crippen LogP contribution >= 0.6 is 0 Å². The second-order valence-corrected chi connectivity index (χ2v) is 3.60. The molecule has 88 valence electrons. The fourth-order valence-electron chi connectivity index (χ4n) is 1.27. The molecule has 16 heavy (non-hydrogen) atoms. The average molecular weight is 224 g/mol. The Hall–Kier alpha value is -1.62. The van der Waals surface area contributed by atoms with Crippen molar-refractivity contribution >= 4 is 5.91 Å². The molecule has 0 aliphatic heterocycles. The normalized spacial score (nSPS) is 10.2. The first kappa shape index (κ1) is 12.4. The highest BCUT2D eigenvalue weighted by atomic mass is 16.5. The Labute approximate surface area is 94.7 Å². The van der Waals surface area contributed by atoms with Crippen LogP contribution in [0.3, 0.4) is 0 Å². The Balaban J connectivity index is 2.72. The molecule has 0 unspecified atom stereocenters. The SMILES string of the molecule is COCC(=O)N(C)Cc1nc(C)ccc1O. The molecule has 0 saturated carbocycles. The maximum absolute atomic E-state index is 11.4. The van der Waals surface area contributed by atoms with E-state index in [1.165, 1.54) is 12.0 Å². The van der Waals surface area contributed by atoms with Crippen LogP contribution in [0.2, 0.25) is 0 Å². The molecule has 5 nitrogen and oxygen atoms in total. The van der Waals surface area contributed by atoms with Crippen molar-refractivity contribution in [3.63, 3.8) is 0 Å². The summed E-state index contributed by atoms with van der Waals surface area (Å²) in [4.78, 5) is 17.1. The molecular weight excluding hydrogens is 208 g/mol. The molecule has 0 aliphatic rings. The summed E-state index contributed by atoms with van der Waals surface area (Å²) in [6.07, 6.45) is 0. The first-order chi connectivity index (χ1) is 7.54. The molecule has 0 radical (unpaired) electrons. The van der Waals surface area contributed by atoms with E-state index in [1.54, 1.807) is 19.2 Å². The summed E-state index contributed by atoms with van der Waals surface area (Å²) in [7, 11) is 3.11. The van der Waals surface area contributed by atoms with Crippen molar-refractivity contribution in [1.29, 1.82) is 0 Å². The lowest BCUT2D eigenvalue weighted by molar-refractivity contribution is -0.134. The number of nitrogens with zero attached hydrogens (tertiary/aromatic N) is 2. The van der Waals surface area contributed by atoms with E-state index in [-0.39, 0.29) is 24.8 Å². The Bertz CT molecular complexity index is 379. The minimum absolute atomic E-state index is 0.0308. The Kier molecular flexibility index (Phi) is 4.25. The molecular formula is C11H16N2O3. The number of carbonyl (C=O) groups excluding carboxylic acids is 1. The van der Waals surface area contributed by atoms with Gasteiger partial charge in [-0.15, -0.1) is 0 Å². The van der Waals surface area contributed by atoms with Crippen molar-refractivity contribution in [2.24, 2.45) is 0 Å². The maximum atomic E-state index is 11.4. The number of pyridine rings is 1. The summed E-state index contributed by atoms with van der Waals surface area (Å²) < 4.78 is 4.74. The largest absolute Gasteiger partial charge is 0.506 e. The Morgan fingerprint density at radius 1 is 1.56 bits per heavy atom. The molecule has 0 aromatic carbocycles. The van der Waals surface area contributed by atoms with E-state index in [2.05, 4.69) is 4.98 Å². The number of carbonyl (C=O) groups is 1. The molecule has 0 spiro atoms. The van der Waals surface area contributed by atoms with Gasteiger partial charge in [-0.3, -0.25) is 9.78 Å². The van der Waals surface area contributed by atoms with E-state index >= 15 is 0 Å². The van der Waals surface area contributed by atoms with Crippen molar-refractivity contribution in [3.8, 4) is 5.75 Å². The molecule has 1 aromatic heterocycles. The fraction of sp³-hybridized carbons (Fsp3) is 0.455.